The lowest BCUT2D eigenvalue weighted by molar-refractivity contribution is -0.138. The Bertz CT molecular complexity index is 326. The molecule has 6 heteroatoms. The van der Waals surface area contributed by atoms with E-state index in [9.17, 15) is 14.4 Å². The number of carboxylic acids is 1. The Balaban J connectivity index is 2.35. The number of nitrogens with zero attached hydrogens (tertiary/aromatic N) is 1. The molecule has 1 aliphatic rings. The van der Waals surface area contributed by atoms with E-state index < -0.39 is 11.9 Å². The van der Waals surface area contributed by atoms with Crippen LogP contribution >= 0.6 is 0 Å². The Morgan fingerprint density at radius 2 is 1.94 bits per heavy atom. The maximum atomic E-state index is 11.8. The van der Waals surface area contributed by atoms with Gasteiger partial charge in [-0.3, -0.25) is 14.9 Å². The third kappa shape index (κ3) is 5.16. The summed E-state index contributed by atoms with van der Waals surface area (Å²) < 4.78 is 0. The van der Waals surface area contributed by atoms with Crippen molar-refractivity contribution >= 4 is 17.9 Å². The largest absolute Gasteiger partial charge is 0.481 e. The van der Waals surface area contributed by atoms with E-state index in [0.717, 1.165) is 25.7 Å². The number of carbonyl (C=O) groups excluding carboxylic acids is 2. The van der Waals surface area contributed by atoms with Gasteiger partial charge in [0.15, 0.2) is 0 Å². The van der Waals surface area contributed by atoms with Crippen LogP contribution in [0.3, 0.4) is 0 Å². The molecular formula is C12H20N2O4. The lowest BCUT2D eigenvalue weighted by Crippen LogP contribution is -2.44. The number of unbranched alkanes of at least 4 members (excludes halogenated alkanes) is 1. The van der Waals surface area contributed by atoms with Crippen molar-refractivity contribution in [3.05, 3.63) is 0 Å². The molecule has 1 aliphatic carbocycles. The summed E-state index contributed by atoms with van der Waals surface area (Å²) >= 11 is 0. The Kier molecular flexibility index (Phi) is 5.61. The van der Waals surface area contributed by atoms with Gasteiger partial charge >= 0.3 is 12.0 Å². The first-order valence-corrected chi connectivity index (χ1v) is 6.36. The molecular weight excluding hydrogens is 236 g/mol. The second-order valence-electron chi connectivity index (χ2n) is 4.53. The van der Waals surface area contributed by atoms with Gasteiger partial charge in [-0.15, -0.1) is 0 Å². The fourth-order valence-corrected chi connectivity index (χ4v) is 1.64. The molecule has 0 aromatic heterocycles. The second kappa shape index (κ2) is 6.98. The lowest BCUT2D eigenvalue weighted by atomic mass is 10.3. The van der Waals surface area contributed by atoms with E-state index in [0.29, 0.717) is 6.54 Å². The Hall–Kier alpha value is -1.59. The summed E-state index contributed by atoms with van der Waals surface area (Å²) in [7, 11) is 0. The highest BCUT2D eigenvalue weighted by atomic mass is 16.4. The molecule has 1 saturated carbocycles. The van der Waals surface area contributed by atoms with E-state index in [1.165, 1.54) is 0 Å². The zero-order chi connectivity index (χ0) is 13.5. The summed E-state index contributed by atoms with van der Waals surface area (Å²) in [5.74, 6) is -1.56. The summed E-state index contributed by atoms with van der Waals surface area (Å²) in [5, 5.41) is 10.7. The van der Waals surface area contributed by atoms with E-state index >= 15 is 0 Å². The number of amides is 3. The molecule has 102 valence electrons. The van der Waals surface area contributed by atoms with Gasteiger partial charge in [0, 0.05) is 19.0 Å². The molecule has 0 unspecified atom stereocenters. The highest BCUT2D eigenvalue weighted by molar-refractivity contribution is 5.95. The number of carboxylic acid groups (broad SMARTS) is 1. The zero-order valence-electron chi connectivity index (χ0n) is 10.6. The first kappa shape index (κ1) is 14.5. The van der Waals surface area contributed by atoms with Gasteiger partial charge in [0.25, 0.3) is 0 Å². The molecule has 18 heavy (non-hydrogen) atoms. The number of urea groups is 1. The first-order chi connectivity index (χ1) is 8.54. The van der Waals surface area contributed by atoms with Crippen LogP contribution in [0, 0.1) is 0 Å². The number of aliphatic carboxylic acids is 1. The molecule has 0 aliphatic heterocycles. The van der Waals surface area contributed by atoms with Crippen molar-refractivity contribution in [1.82, 2.24) is 10.2 Å². The summed E-state index contributed by atoms with van der Waals surface area (Å²) in [6, 6.07) is -0.134. The normalized spacial score (nSPS) is 14.1. The van der Waals surface area contributed by atoms with Crippen molar-refractivity contribution in [2.24, 2.45) is 0 Å². The van der Waals surface area contributed by atoms with Gasteiger partial charge in [0.05, 0.1) is 6.42 Å². The van der Waals surface area contributed by atoms with Crippen LogP contribution in [0.4, 0.5) is 4.79 Å². The molecule has 0 aromatic rings. The standard InChI is InChI=1S/C12H20N2O4/c1-2-3-8-14(9-4-5-9)12(18)13-10(15)6-7-11(16)17/h9H,2-8H2,1H3,(H,16,17)(H,13,15,18). The number of nitrogens with one attached hydrogen (secondary N) is 1. The molecule has 0 atom stereocenters. The van der Waals surface area contributed by atoms with E-state index in [4.69, 9.17) is 5.11 Å². The first-order valence-electron chi connectivity index (χ1n) is 6.36. The van der Waals surface area contributed by atoms with Gasteiger partial charge in [-0.1, -0.05) is 13.3 Å². The molecule has 0 aromatic carbocycles. The maximum absolute atomic E-state index is 11.8. The van der Waals surface area contributed by atoms with Gasteiger partial charge < -0.3 is 10.0 Å². The lowest BCUT2D eigenvalue weighted by Gasteiger charge is -2.22. The second-order valence-corrected chi connectivity index (χ2v) is 4.53. The van der Waals surface area contributed by atoms with Gasteiger partial charge in [-0.2, -0.15) is 0 Å². The smallest absolute Gasteiger partial charge is 0.324 e. The number of carbonyl (C=O) groups is 3. The van der Waals surface area contributed by atoms with Crippen LogP contribution in [0.2, 0.25) is 0 Å². The summed E-state index contributed by atoms with van der Waals surface area (Å²) in [4.78, 5) is 35.2. The fourth-order valence-electron chi connectivity index (χ4n) is 1.64. The quantitative estimate of drug-likeness (QED) is 0.720. The summed E-state index contributed by atoms with van der Waals surface area (Å²) in [6.45, 7) is 2.69. The van der Waals surface area contributed by atoms with E-state index in [1.54, 1.807) is 4.90 Å². The van der Waals surface area contributed by atoms with Gasteiger partial charge in [-0.25, -0.2) is 4.79 Å². The van der Waals surface area contributed by atoms with E-state index in [2.05, 4.69) is 5.32 Å². The van der Waals surface area contributed by atoms with Gasteiger partial charge in [-0.05, 0) is 19.3 Å². The maximum Gasteiger partial charge on any atom is 0.324 e. The molecule has 2 N–H and O–H groups in total. The van der Waals surface area contributed by atoms with E-state index in [-0.39, 0.29) is 24.9 Å². The monoisotopic (exact) mass is 256 g/mol. The van der Waals surface area contributed by atoms with Crippen LogP contribution in [0.1, 0.15) is 45.4 Å². The minimum Gasteiger partial charge on any atom is -0.481 e. The van der Waals surface area contributed by atoms with Gasteiger partial charge in [0.2, 0.25) is 5.91 Å². The Morgan fingerprint density at radius 1 is 1.28 bits per heavy atom. The molecule has 0 saturated heterocycles. The third-order valence-electron chi connectivity index (χ3n) is 2.81. The van der Waals surface area contributed by atoms with Crippen molar-refractivity contribution in [3.63, 3.8) is 0 Å². The summed E-state index contributed by atoms with van der Waals surface area (Å²) in [5.41, 5.74) is 0. The molecule has 0 spiro atoms. The predicted molar refractivity (Wildman–Crippen MR) is 65.0 cm³/mol. The van der Waals surface area contributed by atoms with E-state index in [1.807, 2.05) is 6.92 Å². The molecule has 3 amide bonds. The molecule has 0 bridgehead atoms. The van der Waals surface area contributed by atoms with Crippen LogP contribution in [0.25, 0.3) is 0 Å². The van der Waals surface area contributed by atoms with Crippen LogP contribution < -0.4 is 5.32 Å². The van der Waals surface area contributed by atoms with Crippen LogP contribution in [0.15, 0.2) is 0 Å². The highest BCUT2D eigenvalue weighted by Gasteiger charge is 2.32. The molecule has 1 fully saturated rings. The minimum absolute atomic E-state index is 0.159. The van der Waals surface area contributed by atoms with Crippen LogP contribution in [0.5, 0.6) is 0 Å². The van der Waals surface area contributed by atoms with Crippen molar-refractivity contribution in [1.29, 1.82) is 0 Å². The third-order valence-corrected chi connectivity index (χ3v) is 2.81. The Morgan fingerprint density at radius 3 is 2.44 bits per heavy atom. The Labute approximate surface area is 106 Å². The predicted octanol–water partition coefficient (Wildman–Crippen LogP) is 1.35. The number of imide groups is 1. The van der Waals surface area contributed by atoms with Crippen molar-refractivity contribution in [2.45, 2.75) is 51.5 Å². The SMILES string of the molecule is CCCCN(C(=O)NC(=O)CCC(=O)O)C1CC1. The molecule has 6 nitrogen and oxygen atoms in total. The fraction of sp³-hybridized carbons (Fsp3) is 0.750. The average Bonchev–Trinajstić information content (AvgIpc) is 3.11. The van der Waals surface area contributed by atoms with Crippen molar-refractivity contribution in [2.75, 3.05) is 6.54 Å². The number of rotatable bonds is 7. The zero-order valence-corrected chi connectivity index (χ0v) is 10.6. The number of hydrogen-bond donors (Lipinski definition) is 2. The number of hydrogen-bond acceptors (Lipinski definition) is 3. The van der Waals surface area contributed by atoms with Crippen LogP contribution in [-0.4, -0.2) is 40.5 Å². The average molecular weight is 256 g/mol. The van der Waals surface area contributed by atoms with Crippen LogP contribution in [-0.2, 0) is 9.59 Å². The molecule has 0 radical (unpaired) electrons. The molecule has 1 rings (SSSR count). The highest BCUT2D eigenvalue weighted by Crippen LogP contribution is 2.27. The van der Waals surface area contributed by atoms with Crippen molar-refractivity contribution < 1.29 is 19.5 Å². The minimum atomic E-state index is -1.04. The molecule has 0 heterocycles. The van der Waals surface area contributed by atoms with Crippen molar-refractivity contribution in [3.8, 4) is 0 Å². The van der Waals surface area contributed by atoms with Gasteiger partial charge in [0.1, 0.15) is 0 Å². The summed E-state index contributed by atoms with van der Waals surface area (Å²) in [6.07, 6.45) is 3.46. The topological polar surface area (TPSA) is 86.7 Å².